The van der Waals surface area contributed by atoms with E-state index in [2.05, 4.69) is 27.4 Å². The molecule has 0 fully saturated rings. The molecule has 2 aromatic heterocycles. The minimum Gasteiger partial charge on any atom is -0.339 e. The van der Waals surface area contributed by atoms with Crippen molar-refractivity contribution in [2.24, 2.45) is 0 Å². The maximum absolute atomic E-state index is 5.20. The Morgan fingerprint density at radius 1 is 1.47 bits per heavy atom. The highest BCUT2D eigenvalue weighted by molar-refractivity contribution is 5.13. The second-order valence-electron chi connectivity index (χ2n) is 4.04. The Morgan fingerprint density at radius 3 is 3.06 bits per heavy atom. The summed E-state index contributed by atoms with van der Waals surface area (Å²) in [5.74, 6) is 1.38. The van der Waals surface area contributed by atoms with Crippen molar-refractivity contribution in [1.29, 1.82) is 0 Å². The van der Waals surface area contributed by atoms with Crippen molar-refractivity contribution in [1.82, 2.24) is 20.4 Å². The number of aromatic nitrogens is 3. The molecule has 5 nitrogen and oxygen atoms in total. The van der Waals surface area contributed by atoms with Crippen molar-refractivity contribution in [2.75, 3.05) is 7.05 Å². The van der Waals surface area contributed by atoms with Gasteiger partial charge in [0.15, 0.2) is 5.82 Å². The van der Waals surface area contributed by atoms with Crippen molar-refractivity contribution < 1.29 is 4.52 Å². The zero-order valence-corrected chi connectivity index (χ0v) is 10.1. The van der Waals surface area contributed by atoms with Crippen LogP contribution < -0.4 is 5.32 Å². The van der Waals surface area contributed by atoms with Crippen molar-refractivity contribution in [3.05, 3.63) is 41.8 Å². The molecule has 0 saturated carbocycles. The van der Waals surface area contributed by atoms with Gasteiger partial charge in [0, 0.05) is 24.9 Å². The van der Waals surface area contributed by atoms with Crippen molar-refractivity contribution in [3.63, 3.8) is 0 Å². The van der Waals surface area contributed by atoms with E-state index in [4.69, 9.17) is 4.52 Å². The SMILES string of the molecule is CNC(C)Cc1noc(Cc2cccnc2)n1. The number of nitrogens with zero attached hydrogens (tertiary/aromatic N) is 3. The van der Waals surface area contributed by atoms with E-state index in [1.54, 1.807) is 12.4 Å². The molecule has 0 amide bonds. The molecule has 1 N–H and O–H groups in total. The minimum absolute atomic E-state index is 0.346. The minimum atomic E-state index is 0.346. The van der Waals surface area contributed by atoms with Gasteiger partial charge in [0.05, 0.1) is 6.42 Å². The summed E-state index contributed by atoms with van der Waals surface area (Å²) in [7, 11) is 1.92. The smallest absolute Gasteiger partial charge is 0.231 e. The fourth-order valence-corrected chi connectivity index (χ4v) is 1.50. The predicted molar refractivity (Wildman–Crippen MR) is 63.6 cm³/mol. The molecule has 0 bridgehead atoms. The Hall–Kier alpha value is -1.75. The molecule has 0 aromatic carbocycles. The molecular weight excluding hydrogens is 216 g/mol. The molecule has 0 saturated heterocycles. The van der Waals surface area contributed by atoms with Gasteiger partial charge in [-0.05, 0) is 25.6 Å². The molecule has 1 atom stereocenters. The number of hydrogen-bond acceptors (Lipinski definition) is 5. The monoisotopic (exact) mass is 232 g/mol. The van der Waals surface area contributed by atoms with E-state index in [-0.39, 0.29) is 0 Å². The van der Waals surface area contributed by atoms with Crippen LogP contribution in [-0.2, 0) is 12.8 Å². The topological polar surface area (TPSA) is 63.8 Å². The van der Waals surface area contributed by atoms with E-state index in [1.807, 2.05) is 19.2 Å². The van der Waals surface area contributed by atoms with E-state index in [9.17, 15) is 0 Å². The van der Waals surface area contributed by atoms with E-state index in [0.717, 1.165) is 17.8 Å². The first kappa shape index (κ1) is 11.7. The van der Waals surface area contributed by atoms with Crippen LogP contribution in [0, 0.1) is 0 Å². The third-order valence-electron chi connectivity index (χ3n) is 2.57. The average Bonchev–Trinajstić information content (AvgIpc) is 2.77. The van der Waals surface area contributed by atoms with E-state index in [0.29, 0.717) is 18.4 Å². The van der Waals surface area contributed by atoms with Gasteiger partial charge >= 0.3 is 0 Å². The highest BCUT2D eigenvalue weighted by atomic mass is 16.5. The van der Waals surface area contributed by atoms with E-state index in [1.165, 1.54) is 0 Å². The van der Waals surface area contributed by atoms with Gasteiger partial charge in [-0.3, -0.25) is 4.98 Å². The van der Waals surface area contributed by atoms with E-state index < -0.39 is 0 Å². The second-order valence-corrected chi connectivity index (χ2v) is 4.04. The molecule has 5 heteroatoms. The molecule has 2 rings (SSSR count). The summed E-state index contributed by atoms with van der Waals surface area (Å²) < 4.78 is 5.20. The van der Waals surface area contributed by atoms with Gasteiger partial charge in [-0.2, -0.15) is 4.98 Å². The van der Waals surface area contributed by atoms with Crippen LogP contribution in [0.4, 0.5) is 0 Å². The van der Waals surface area contributed by atoms with Crippen molar-refractivity contribution >= 4 is 0 Å². The zero-order chi connectivity index (χ0) is 12.1. The molecule has 2 heterocycles. The van der Waals surface area contributed by atoms with Crippen molar-refractivity contribution in [2.45, 2.75) is 25.8 Å². The Morgan fingerprint density at radius 2 is 2.35 bits per heavy atom. The lowest BCUT2D eigenvalue weighted by atomic mass is 10.2. The third-order valence-corrected chi connectivity index (χ3v) is 2.57. The quantitative estimate of drug-likeness (QED) is 0.839. The van der Waals surface area contributed by atoms with Gasteiger partial charge in [-0.15, -0.1) is 0 Å². The van der Waals surface area contributed by atoms with E-state index >= 15 is 0 Å². The Kier molecular flexibility index (Phi) is 3.82. The number of rotatable bonds is 5. The number of likely N-dealkylation sites (N-methyl/N-ethyl adjacent to an activating group) is 1. The molecular formula is C12H16N4O. The largest absolute Gasteiger partial charge is 0.339 e. The summed E-state index contributed by atoms with van der Waals surface area (Å²) >= 11 is 0. The summed E-state index contributed by atoms with van der Waals surface area (Å²) in [5.41, 5.74) is 1.07. The summed E-state index contributed by atoms with van der Waals surface area (Å²) in [4.78, 5) is 8.40. The molecule has 2 aromatic rings. The van der Waals surface area contributed by atoms with Gasteiger partial charge in [-0.1, -0.05) is 11.2 Å². The number of nitrogens with one attached hydrogen (secondary N) is 1. The highest BCUT2D eigenvalue weighted by Crippen LogP contribution is 2.07. The second kappa shape index (κ2) is 5.54. The molecule has 17 heavy (non-hydrogen) atoms. The first-order valence-electron chi connectivity index (χ1n) is 5.65. The standard InChI is InChI=1S/C12H16N4O/c1-9(13-2)6-11-15-12(17-16-11)7-10-4-3-5-14-8-10/h3-5,8-9,13H,6-7H2,1-2H3. The van der Waals surface area contributed by atoms with Gasteiger partial charge in [0.1, 0.15) is 0 Å². The van der Waals surface area contributed by atoms with Crippen LogP contribution >= 0.6 is 0 Å². The maximum atomic E-state index is 5.20. The van der Waals surface area contributed by atoms with Crippen LogP contribution in [0.25, 0.3) is 0 Å². The van der Waals surface area contributed by atoms with Crippen molar-refractivity contribution in [3.8, 4) is 0 Å². The van der Waals surface area contributed by atoms with Gasteiger partial charge in [0.25, 0.3) is 0 Å². The fraction of sp³-hybridized carbons (Fsp3) is 0.417. The first-order valence-corrected chi connectivity index (χ1v) is 5.65. The van der Waals surface area contributed by atoms with Crippen LogP contribution in [0.1, 0.15) is 24.2 Å². The fourth-order valence-electron chi connectivity index (χ4n) is 1.50. The summed E-state index contributed by atoms with van der Waals surface area (Å²) in [5, 5.41) is 7.09. The van der Waals surface area contributed by atoms with Gasteiger partial charge in [0.2, 0.25) is 5.89 Å². The van der Waals surface area contributed by atoms with Crippen LogP contribution in [0.15, 0.2) is 29.0 Å². The molecule has 0 aliphatic heterocycles. The zero-order valence-electron chi connectivity index (χ0n) is 10.1. The third kappa shape index (κ3) is 3.35. The predicted octanol–water partition coefficient (Wildman–Crippen LogP) is 1.21. The first-order chi connectivity index (χ1) is 8.28. The summed E-state index contributed by atoms with van der Waals surface area (Å²) in [6.07, 6.45) is 4.96. The normalized spacial score (nSPS) is 12.6. The van der Waals surface area contributed by atoms with Gasteiger partial charge < -0.3 is 9.84 Å². The molecule has 0 spiro atoms. The summed E-state index contributed by atoms with van der Waals surface area (Å²) in [6, 6.07) is 4.24. The maximum Gasteiger partial charge on any atom is 0.231 e. The number of hydrogen-bond donors (Lipinski definition) is 1. The van der Waals surface area contributed by atoms with Gasteiger partial charge in [-0.25, -0.2) is 0 Å². The Labute approximate surface area is 100 Å². The summed E-state index contributed by atoms with van der Waals surface area (Å²) in [6.45, 7) is 2.08. The molecule has 90 valence electrons. The Balaban J connectivity index is 1.99. The number of pyridine rings is 1. The lowest BCUT2D eigenvalue weighted by Gasteiger charge is -2.04. The molecule has 0 aliphatic carbocycles. The molecule has 1 unspecified atom stereocenters. The average molecular weight is 232 g/mol. The van der Waals surface area contributed by atoms with Crippen LogP contribution in [0.2, 0.25) is 0 Å². The highest BCUT2D eigenvalue weighted by Gasteiger charge is 2.09. The lowest BCUT2D eigenvalue weighted by Crippen LogP contribution is -2.24. The van der Waals surface area contributed by atoms with Crippen LogP contribution in [0.3, 0.4) is 0 Å². The molecule has 0 aliphatic rings. The van der Waals surface area contributed by atoms with Crippen LogP contribution in [0.5, 0.6) is 0 Å². The van der Waals surface area contributed by atoms with Crippen LogP contribution in [-0.4, -0.2) is 28.2 Å². The lowest BCUT2D eigenvalue weighted by molar-refractivity contribution is 0.377. The molecule has 0 radical (unpaired) electrons. The Bertz CT molecular complexity index is 455.